The molecule has 0 radical (unpaired) electrons. The van der Waals surface area contributed by atoms with Gasteiger partial charge in [-0.15, -0.1) is 11.3 Å². The number of aromatic nitrogens is 1. The Labute approximate surface area is 97.7 Å². The van der Waals surface area contributed by atoms with Gasteiger partial charge in [0.15, 0.2) is 5.13 Å². The zero-order chi connectivity index (χ0) is 11.5. The summed E-state index contributed by atoms with van der Waals surface area (Å²) in [6, 6.07) is -0.100. The Bertz CT molecular complexity index is 380. The summed E-state index contributed by atoms with van der Waals surface area (Å²) >= 11 is 1.55. The van der Waals surface area contributed by atoms with Gasteiger partial charge in [0.05, 0.1) is 31.4 Å². The molecule has 1 atom stereocenters. The Morgan fingerprint density at radius 1 is 1.81 bits per heavy atom. The highest BCUT2D eigenvalue weighted by Crippen LogP contribution is 2.25. The van der Waals surface area contributed by atoms with E-state index in [0.717, 1.165) is 10.8 Å². The largest absolute Gasteiger partial charge is 0.481 e. The summed E-state index contributed by atoms with van der Waals surface area (Å²) in [5, 5.41) is 11.7. The minimum atomic E-state index is -0.797. The molecular formula is C10H14N2O3S. The van der Waals surface area contributed by atoms with Gasteiger partial charge < -0.3 is 14.7 Å². The molecule has 1 saturated heterocycles. The molecule has 0 saturated carbocycles. The number of carboxylic acid groups (broad SMARTS) is 1. The van der Waals surface area contributed by atoms with E-state index in [0.29, 0.717) is 19.8 Å². The maximum Gasteiger partial charge on any atom is 0.305 e. The van der Waals surface area contributed by atoms with Gasteiger partial charge in [-0.05, 0) is 6.92 Å². The molecule has 1 aliphatic heterocycles. The first-order chi connectivity index (χ1) is 7.66. The molecule has 6 heteroatoms. The van der Waals surface area contributed by atoms with E-state index in [1.807, 2.05) is 17.2 Å². The van der Waals surface area contributed by atoms with Gasteiger partial charge in [-0.3, -0.25) is 4.79 Å². The molecule has 1 N–H and O–H groups in total. The van der Waals surface area contributed by atoms with E-state index in [1.54, 1.807) is 11.3 Å². The summed E-state index contributed by atoms with van der Waals surface area (Å²) in [6.07, 6.45) is 0.0959. The number of aryl methyl sites for hydroxylation is 1. The number of hydrogen-bond donors (Lipinski definition) is 1. The van der Waals surface area contributed by atoms with E-state index in [1.165, 1.54) is 0 Å². The van der Waals surface area contributed by atoms with Crippen molar-refractivity contribution in [1.29, 1.82) is 0 Å². The molecule has 1 fully saturated rings. The van der Waals surface area contributed by atoms with Crippen LogP contribution >= 0.6 is 11.3 Å². The lowest BCUT2D eigenvalue weighted by Crippen LogP contribution is -2.46. The van der Waals surface area contributed by atoms with Crippen molar-refractivity contribution >= 4 is 22.4 Å². The standard InChI is InChI=1S/C10H14N2O3S/c1-7-6-16-10(11-7)12-2-3-15-5-8(12)4-9(13)14/h6,8H,2-5H2,1H3,(H,13,14). The lowest BCUT2D eigenvalue weighted by Gasteiger charge is -2.34. The third kappa shape index (κ3) is 2.51. The number of hydrogen-bond acceptors (Lipinski definition) is 5. The van der Waals surface area contributed by atoms with Gasteiger partial charge in [-0.2, -0.15) is 0 Å². The van der Waals surface area contributed by atoms with Crippen molar-refractivity contribution in [1.82, 2.24) is 4.98 Å². The topological polar surface area (TPSA) is 62.7 Å². The van der Waals surface area contributed by atoms with Crippen molar-refractivity contribution in [3.8, 4) is 0 Å². The van der Waals surface area contributed by atoms with Crippen LogP contribution in [0.1, 0.15) is 12.1 Å². The van der Waals surface area contributed by atoms with Crippen LogP contribution in [-0.4, -0.2) is 41.9 Å². The molecule has 1 aromatic heterocycles. The third-order valence-electron chi connectivity index (χ3n) is 2.49. The number of thiazole rings is 1. The van der Waals surface area contributed by atoms with Gasteiger partial charge in [0.1, 0.15) is 0 Å². The van der Waals surface area contributed by atoms with Gasteiger partial charge in [-0.25, -0.2) is 4.98 Å². The van der Waals surface area contributed by atoms with Crippen molar-refractivity contribution in [3.05, 3.63) is 11.1 Å². The van der Waals surface area contributed by atoms with Crippen LogP contribution in [-0.2, 0) is 9.53 Å². The van der Waals surface area contributed by atoms with Crippen molar-refractivity contribution in [2.45, 2.75) is 19.4 Å². The fraction of sp³-hybridized carbons (Fsp3) is 0.600. The lowest BCUT2D eigenvalue weighted by atomic mass is 10.2. The average Bonchev–Trinajstić information content (AvgIpc) is 2.65. The van der Waals surface area contributed by atoms with Crippen LogP contribution in [0.2, 0.25) is 0 Å². The van der Waals surface area contributed by atoms with Crippen molar-refractivity contribution in [2.75, 3.05) is 24.7 Å². The first kappa shape index (κ1) is 11.3. The smallest absolute Gasteiger partial charge is 0.305 e. The Hall–Kier alpha value is -1.14. The molecule has 88 valence electrons. The summed E-state index contributed by atoms with van der Waals surface area (Å²) in [6.45, 7) is 3.75. The quantitative estimate of drug-likeness (QED) is 0.861. The highest BCUT2D eigenvalue weighted by Gasteiger charge is 2.27. The molecule has 1 aromatic rings. The number of carboxylic acids is 1. The molecule has 1 aliphatic rings. The second-order valence-corrected chi connectivity index (χ2v) is 4.63. The summed E-state index contributed by atoms with van der Waals surface area (Å²) in [7, 11) is 0. The van der Waals surface area contributed by atoms with Gasteiger partial charge in [0, 0.05) is 11.9 Å². The molecule has 0 amide bonds. The first-order valence-corrected chi connectivity index (χ1v) is 6.03. The van der Waals surface area contributed by atoms with Crippen molar-refractivity contribution in [2.24, 2.45) is 0 Å². The van der Waals surface area contributed by atoms with Gasteiger partial charge >= 0.3 is 5.97 Å². The van der Waals surface area contributed by atoms with Crippen LogP contribution < -0.4 is 4.90 Å². The summed E-state index contributed by atoms with van der Waals surface area (Å²) < 4.78 is 5.31. The molecule has 2 rings (SSSR count). The molecule has 2 heterocycles. The van der Waals surface area contributed by atoms with Crippen LogP contribution in [0, 0.1) is 6.92 Å². The van der Waals surface area contributed by atoms with E-state index in [4.69, 9.17) is 9.84 Å². The average molecular weight is 242 g/mol. The van der Waals surface area contributed by atoms with Crippen LogP contribution in [0.15, 0.2) is 5.38 Å². The number of morpholine rings is 1. The number of nitrogens with zero attached hydrogens (tertiary/aromatic N) is 2. The second-order valence-electron chi connectivity index (χ2n) is 3.79. The predicted octanol–water partition coefficient (Wildman–Crippen LogP) is 1.13. The summed E-state index contributed by atoms with van der Waals surface area (Å²) in [5.74, 6) is -0.797. The molecule has 0 spiro atoms. The zero-order valence-electron chi connectivity index (χ0n) is 9.05. The van der Waals surface area contributed by atoms with Gasteiger partial charge in [0.2, 0.25) is 0 Å². The number of rotatable bonds is 3. The highest BCUT2D eigenvalue weighted by atomic mass is 32.1. The molecule has 0 bridgehead atoms. The molecular weight excluding hydrogens is 228 g/mol. The first-order valence-electron chi connectivity index (χ1n) is 5.15. The Balaban J connectivity index is 2.12. The van der Waals surface area contributed by atoms with Gasteiger partial charge in [-0.1, -0.05) is 0 Å². The maximum atomic E-state index is 10.8. The monoisotopic (exact) mass is 242 g/mol. The summed E-state index contributed by atoms with van der Waals surface area (Å²) in [5.41, 5.74) is 0.973. The number of ether oxygens (including phenoxy) is 1. The highest BCUT2D eigenvalue weighted by molar-refractivity contribution is 7.13. The Morgan fingerprint density at radius 2 is 2.62 bits per heavy atom. The van der Waals surface area contributed by atoms with Crippen molar-refractivity contribution < 1.29 is 14.6 Å². The lowest BCUT2D eigenvalue weighted by molar-refractivity contribution is -0.138. The third-order valence-corrected chi connectivity index (χ3v) is 3.49. The van der Waals surface area contributed by atoms with Crippen LogP contribution in [0.3, 0.4) is 0 Å². The zero-order valence-corrected chi connectivity index (χ0v) is 9.87. The molecule has 16 heavy (non-hydrogen) atoms. The molecule has 5 nitrogen and oxygen atoms in total. The minimum Gasteiger partial charge on any atom is -0.481 e. The normalized spacial score (nSPS) is 21.1. The van der Waals surface area contributed by atoms with Gasteiger partial charge in [0.25, 0.3) is 0 Å². The van der Waals surface area contributed by atoms with Crippen LogP contribution in [0.5, 0.6) is 0 Å². The second kappa shape index (κ2) is 4.80. The fourth-order valence-corrected chi connectivity index (χ4v) is 2.65. The molecule has 0 aromatic carbocycles. The van der Waals surface area contributed by atoms with E-state index in [9.17, 15) is 4.79 Å². The maximum absolute atomic E-state index is 10.8. The SMILES string of the molecule is Cc1csc(N2CCOCC2CC(=O)O)n1. The molecule has 0 aliphatic carbocycles. The number of aliphatic carboxylic acids is 1. The van der Waals surface area contributed by atoms with Crippen LogP contribution in [0.4, 0.5) is 5.13 Å². The van der Waals surface area contributed by atoms with Crippen LogP contribution in [0.25, 0.3) is 0 Å². The van der Waals surface area contributed by atoms with E-state index >= 15 is 0 Å². The van der Waals surface area contributed by atoms with E-state index in [2.05, 4.69) is 4.98 Å². The molecule has 1 unspecified atom stereocenters. The Kier molecular flexibility index (Phi) is 3.40. The fourth-order valence-electron chi connectivity index (χ4n) is 1.75. The number of carbonyl (C=O) groups is 1. The van der Waals surface area contributed by atoms with E-state index in [-0.39, 0.29) is 12.5 Å². The minimum absolute atomic E-state index is 0.0959. The number of anilines is 1. The Morgan fingerprint density at radius 3 is 3.25 bits per heavy atom. The summed E-state index contributed by atoms with van der Waals surface area (Å²) in [4.78, 5) is 17.2. The van der Waals surface area contributed by atoms with Crippen molar-refractivity contribution in [3.63, 3.8) is 0 Å². The van der Waals surface area contributed by atoms with E-state index < -0.39 is 5.97 Å². The predicted molar refractivity (Wildman–Crippen MR) is 61.1 cm³/mol.